The van der Waals surface area contributed by atoms with E-state index in [0.29, 0.717) is 5.39 Å². The second-order valence-electron chi connectivity index (χ2n) is 3.70. The lowest BCUT2D eigenvalue weighted by molar-refractivity contribution is 0.640. The predicted molar refractivity (Wildman–Crippen MR) is 68.0 cm³/mol. The van der Waals surface area contributed by atoms with E-state index in [-0.39, 0.29) is 5.82 Å². The van der Waals surface area contributed by atoms with Crippen molar-refractivity contribution in [2.75, 3.05) is 0 Å². The molecule has 0 atom stereocenters. The molecule has 0 saturated heterocycles. The topological polar surface area (TPSA) is 28.7 Å². The van der Waals surface area contributed by atoms with E-state index in [0.717, 1.165) is 21.2 Å². The Bertz CT molecular complexity index is 691. The summed E-state index contributed by atoms with van der Waals surface area (Å²) in [6.45, 7) is 0. The first-order valence-electron chi connectivity index (χ1n) is 5.05. The van der Waals surface area contributed by atoms with Crippen LogP contribution in [0.2, 0.25) is 0 Å². The molecule has 83 valence electrons. The fourth-order valence-corrected chi connectivity index (χ4v) is 2.10. The number of halogens is 2. The Kier molecular flexibility index (Phi) is 2.44. The summed E-state index contributed by atoms with van der Waals surface area (Å²) in [5, 5.41) is 0.580. The van der Waals surface area contributed by atoms with Crippen molar-refractivity contribution in [3.05, 3.63) is 53.0 Å². The van der Waals surface area contributed by atoms with E-state index in [2.05, 4.69) is 32.1 Å². The zero-order valence-electron chi connectivity index (χ0n) is 8.67. The fraction of sp³-hybridized carbons (Fsp3) is 0. The van der Waals surface area contributed by atoms with Gasteiger partial charge in [0.2, 0.25) is 0 Å². The van der Waals surface area contributed by atoms with Crippen molar-refractivity contribution < 1.29 is 4.39 Å². The fourth-order valence-electron chi connectivity index (χ4n) is 1.77. The van der Waals surface area contributed by atoms with Crippen LogP contribution in [0.25, 0.3) is 22.2 Å². The normalized spacial score (nSPS) is 10.9. The number of nitrogens with one attached hydrogen (secondary N) is 1. The number of benzene rings is 1. The molecule has 3 rings (SSSR count). The van der Waals surface area contributed by atoms with E-state index in [1.807, 2.05) is 12.1 Å². The van der Waals surface area contributed by atoms with E-state index < -0.39 is 0 Å². The van der Waals surface area contributed by atoms with Crippen LogP contribution in [-0.4, -0.2) is 9.97 Å². The molecule has 1 radical (unpaired) electrons. The molecule has 0 fully saturated rings. The van der Waals surface area contributed by atoms with Crippen LogP contribution in [0.5, 0.6) is 0 Å². The Morgan fingerprint density at radius 3 is 2.94 bits per heavy atom. The van der Waals surface area contributed by atoms with Gasteiger partial charge in [-0.15, -0.1) is 0 Å². The molecule has 1 aromatic carbocycles. The van der Waals surface area contributed by atoms with E-state index in [1.165, 1.54) is 6.07 Å². The molecule has 0 amide bonds. The molecule has 2 nitrogen and oxygen atoms in total. The van der Waals surface area contributed by atoms with Crippen LogP contribution in [0.15, 0.2) is 41.0 Å². The zero-order valence-corrected chi connectivity index (χ0v) is 10.3. The molecule has 4 heteroatoms. The molecule has 0 saturated carbocycles. The Hall–Kier alpha value is -1.68. The molecule has 0 bridgehead atoms. The van der Waals surface area contributed by atoms with Gasteiger partial charge in [-0.2, -0.15) is 0 Å². The monoisotopic (exact) mass is 289 g/mol. The number of hydrogen-bond donors (Lipinski definition) is 1. The Morgan fingerprint density at radius 1 is 1.29 bits per heavy atom. The van der Waals surface area contributed by atoms with Crippen molar-refractivity contribution in [3.8, 4) is 11.3 Å². The van der Waals surface area contributed by atoms with Crippen molar-refractivity contribution >= 4 is 26.8 Å². The van der Waals surface area contributed by atoms with Gasteiger partial charge in [0.1, 0.15) is 5.82 Å². The lowest BCUT2D eigenvalue weighted by atomic mass is 10.2. The van der Waals surface area contributed by atoms with Gasteiger partial charge in [0.25, 0.3) is 0 Å². The van der Waals surface area contributed by atoms with Gasteiger partial charge in [-0.3, -0.25) is 4.98 Å². The van der Waals surface area contributed by atoms with Crippen LogP contribution < -0.4 is 0 Å². The number of rotatable bonds is 1. The summed E-state index contributed by atoms with van der Waals surface area (Å²) in [5.41, 5.74) is 2.38. The molecule has 0 aliphatic carbocycles. The smallest absolute Gasteiger partial charge is 0.132 e. The van der Waals surface area contributed by atoms with Gasteiger partial charge < -0.3 is 4.98 Å². The van der Waals surface area contributed by atoms with Crippen molar-refractivity contribution in [1.82, 2.24) is 9.97 Å². The quantitative estimate of drug-likeness (QED) is 0.722. The molecule has 3 aromatic rings. The molecule has 17 heavy (non-hydrogen) atoms. The number of fused-ring (bicyclic) bond motifs is 1. The third-order valence-corrected chi connectivity index (χ3v) is 2.99. The van der Waals surface area contributed by atoms with E-state index in [9.17, 15) is 4.39 Å². The average Bonchev–Trinajstić information content (AvgIpc) is 2.74. The number of nitrogens with zero attached hydrogens (tertiary/aromatic N) is 1. The highest BCUT2D eigenvalue weighted by atomic mass is 79.9. The van der Waals surface area contributed by atoms with Crippen LogP contribution in [0.4, 0.5) is 4.39 Å². The maximum Gasteiger partial charge on any atom is 0.132 e. The van der Waals surface area contributed by atoms with Crippen LogP contribution in [-0.2, 0) is 0 Å². The van der Waals surface area contributed by atoms with Crippen LogP contribution in [0, 0.1) is 12.0 Å². The summed E-state index contributed by atoms with van der Waals surface area (Å²) in [5.74, 6) is -0.229. The Balaban J connectivity index is 2.22. The standard InChI is InChI=1S/C13H7BrFN2/c14-9-4-8(6-16-7-9)13-5-10-11(15)2-1-3-12(10)17-13/h1-5,7,17H. The summed E-state index contributed by atoms with van der Waals surface area (Å²) in [7, 11) is 0. The average molecular weight is 290 g/mol. The molecule has 0 unspecified atom stereocenters. The summed E-state index contributed by atoms with van der Waals surface area (Å²) < 4.78 is 14.4. The maximum absolute atomic E-state index is 13.5. The van der Waals surface area contributed by atoms with Gasteiger partial charge in [0, 0.05) is 32.8 Å². The third kappa shape index (κ3) is 1.85. The lowest BCUT2D eigenvalue weighted by Crippen LogP contribution is -1.80. The molecular weight excluding hydrogens is 283 g/mol. The van der Waals surface area contributed by atoms with E-state index in [4.69, 9.17) is 0 Å². The molecule has 2 heterocycles. The van der Waals surface area contributed by atoms with E-state index >= 15 is 0 Å². The molecule has 2 aromatic heterocycles. The number of aromatic amines is 1. The van der Waals surface area contributed by atoms with Gasteiger partial charge in [0.15, 0.2) is 0 Å². The molecule has 0 aliphatic heterocycles. The predicted octanol–water partition coefficient (Wildman–Crippen LogP) is 3.93. The van der Waals surface area contributed by atoms with Gasteiger partial charge in [-0.25, -0.2) is 4.39 Å². The van der Waals surface area contributed by atoms with Gasteiger partial charge in [0.05, 0.1) is 6.20 Å². The van der Waals surface area contributed by atoms with Crippen molar-refractivity contribution in [1.29, 1.82) is 0 Å². The number of H-pyrrole nitrogens is 1. The minimum Gasteiger partial charge on any atom is -0.354 e. The van der Waals surface area contributed by atoms with Crippen LogP contribution >= 0.6 is 15.9 Å². The first-order valence-corrected chi connectivity index (χ1v) is 5.84. The number of pyridine rings is 1. The number of aromatic nitrogens is 2. The molecule has 0 spiro atoms. The highest BCUT2D eigenvalue weighted by Crippen LogP contribution is 2.26. The second kappa shape index (κ2) is 3.96. The van der Waals surface area contributed by atoms with Gasteiger partial charge in [-0.05, 0) is 40.2 Å². The summed E-state index contributed by atoms with van der Waals surface area (Å²) in [6, 6.07) is 8.62. The first kappa shape index (κ1) is 10.5. The van der Waals surface area contributed by atoms with E-state index in [1.54, 1.807) is 18.3 Å². The molecule has 0 aliphatic rings. The Labute approximate surface area is 106 Å². The maximum atomic E-state index is 13.5. The SMILES string of the molecule is Fc1cccc2[nH]c(-c3[c]ncc(Br)c3)cc12. The summed E-state index contributed by atoms with van der Waals surface area (Å²) in [4.78, 5) is 7.12. The summed E-state index contributed by atoms with van der Waals surface area (Å²) in [6.07, 6.45) is 4.53. The van der Waals surface area contributed by atoms with Gasteiger partial charge >= 0.3 is 0 Å². The molecular formula is C13H7BrFN2. The zero-order chi connectivity index (χ0) is 11.8. The second-order valence-corrected chi connectivity index (χ2v) is 4.61. The molecule has 1 N–H and O–H groups in total. The van der Waals surface area contributed by atoms with Crippen molar-refractivity contribution in [2.24, 2.45) is 0 Å². The van der Waals surface area contributed by atoms with Gasteiger partial charge in [-0.1, -0.05) is 6.07 Å². The lowest BCUT2D eigenvalue weighted by Gasteiger charge is -1.96. The van der Waals surface area contributed by atoms with Crippen LogP contribution in [0.1, 0.15) is 0 Å². The van der Waals surface area contributed by atoms with Crippen molar-refractivity contribution in [3.63, 3.8) is 0 Å². The highest BCUT2D eigenvalue weighted by Gasteiger charge is 2.07. The van der Waals surface area contributed by atoms with Crippen LogP contribution in [0.3, 0.4) is 0 Å². The largest absolute Gasteiger partial charge is 0.354 e. The highest BCUT2D eigenvalue weighted by molar-refractivity contribution is 9.10. The van der Waals surface area contributed by atoms with Crippen molar-refractivity contribution in [2.45, 2.75) is 0 Å². The summed E-state index contributed by atoms with van der Waals surface area (Å²) >= 11 is 3.35. The number of hydrogen-bond acceptors (Lipinski definition) is 1. The third-order valence-electron chi connectivity index (χ3n) is 2.56. The minimum atomic E-state index is -0.229. The minimum absolute atomic E-state index is 0.229. The Morgan fingerprint density at radius 2 is 2.18 bits per heavy atom. The first-order chi connectivity index (χ1) is 8.24.